The van der Waals surface area contributed by atoms with Gasteiger partial charge in [-0.3, -0.25) is 9.91 Å². The van der Waals surface area contributed by atoms with Crippen molar-refractivity contribution in [1.82, 2.24) is 9.91 Å². The van der Waals surface area contributed by atoms with Gasteiger partial charge in [0, 0.05) is 31.5 Å². The molecule has 1 fully saturated rings. The van der Waals surface area contributed by atoms with Gasteiger partial charge in [0.2, 0.25) is 0 Å². The molecule has 0 atom stereocenters. The lowest BCUT2D eigenvalue weighted by Gasteiger charge is -2.37. The predicted octanol–water partition coefficient (Wildman–Crippen LogP) is 1.53. The van der Waals surface area contributed by atoms with E-state index in [4.69, 9.17) is 0 Å². The fourth-order valence-corrected chi connectivity index (χ4v) is 1.58. The summed E-state index contributed by atoms with van der Waals surface area (Å²) < 4.78 is 0. The number of hydrogen-bond acceptors (Lipinski definition) is 3. The van der Waals surface area contributed by atoms with Crippen molar-refractivity contribution in [2.24, 2.45) is 5.10 Å². The number of hydrazone groups is 1. The molecule has 1 aliphatic heterocycles. The van der Waals surface area contributed by atoms with E-state index in [1.54, 1.807) is 0 Å². The first kappa shape index (κ1) is 10.3. The van der Waals surface area contributed by atoms with Crippen LogP contribution in [0.4, 0.5) is 0 Å². The summed E-state index contributed by atoms with van der Waals surface area (Å²) >= 11 is 0. The van der Waals surface area contributed by atoms with Crippen molar-refractivity contribution in [3.63, 3.8) is 0 Å². The molecule has 0 aromatic rings. The first-order chi connectivity index (χ1) is 6.19. The van der Waals surface area contributed by atoms with E-state index >= 15 is 0 Å². The molecule has 1 rings (SSSR count). The molecule has 3 heteroatoms. The molecular formula is C10H19N3. The van der Waals surface area contributed by atoms with Gasteiger partial charge in [-0.15, -0.1) is 0 Å². The van der Waals surface area contributed by atoms with Crippen LogP contribution < -0.4 is 0 Å². The number of hydrogen-bond donors (Lipinski definition) is 0. The summed E-state index contributed by atoms with van der Waals surface area (Å²) in [4.78, 5) is 2.44. The molecule has 0 saturated carbocycles. The number of allylic oxidation sites excluding steroid dienone is 1. The van der Waals surface area contributed by atoms with Crippen molar-refractivity contribution >= 4 is 6.72 Å². The van der Waals surface area contributed by atoms with E-state index in [1.807, 2.05) is 5.01 Å². The van der Waals surface area contributed by atoms with Gasteiger partial charge in [0.15, 0.2) is 0 Å². The molecule has 0 spiro atoms. The minimum atomic E-state index is 0.613. The van der Waals surface area contributed by atoms with Crippen LogP contribution in [0.15, 0.2) is 16.9 Å². The molecule has 0 aromatic heterocycles. The maximum absolute atomic E-state index is 3.98. The summed E-state index contributed by atoms with van der Waals surface area (Å²) in [7, 11) is 0. The third kappa shape index (κ3) is 2.31. The molecule has 0 unspecified atom stereocenters. The highest BCUT2D eigenvalue weighted by Crippen LogP contribution is 2.15. The van der Waals surface area contributed by atoms with Gasteiger partial charge in [0.25, 0.3) is 0 Å². The van der Waals surface area contributed by atoms with Gasteiger partial charge in [0.1, 0.15) is 0 Å². The van der Waals surface area contributed by atoms with E-state index < -0.39 is 0 Å². The van der Waals surface area contributed by atoms with Gasteiger partial charge >= 0.3 is 0 Å². The fourth-order valence-electron chi connectivity index (χ4n) is 1.58. The second-order valence-corrected chi connectivity index (χ2v) is 3.61. The molecule has 0 N–H and O–H groups in total. The smallest absolute Gasteiger partial charge is 0.0540 e. The maximum atomic E-state index is 3.98. The van der Waals surface area contributed by atoms with Crippen LogP contribution in [0, 0.1) is 0 Å². The minimum absolute atomic E-state index is 0.613. The largest absolute Gasteiger partial charge is 0.293 e. The Morgan fingerprint density at radius 2 is 2.15 bits per heavy atom. The molecule has 0 aromatic carbocycles. The van der Waals surface area contributed by atoms with Crippen LogP contribution in [0.1, 0.15) is 20.8 Å². The van der Waals surface area contributed by atoms with Crippen molar-refractivity contribution in [3.8, 4) is 0 Å². The Hall–Kier alpha value is -0.830. The summed E-state index contributed by atoms with van der Waals surface area (Å²) in [6.07, 6.45) is 2.11. The molecule has 0 radical (unpaired) electrons. The van der Waals surface area contributed by atoms with Crippen LogP contribution in [0.25, 0.3) is 0 Å². The second-order valence-electron chi connectivity index (χ2n) is 3.61. The lowest BCUT2D eigenvalue weighted by atomic mass is 10.2. The minimum Gasteiger partial charge on any atom is -0.293 e. The Bertz CT molecular complexity index is 208. The normalized spacial score (nSPS) is 22.8. The Morgan fingerprint density at radius 3 is 2.62 bits per heavy atom. The highest BCUT2D eigenvalue weighted by atomic mass is 15.5. The SMILES string of the molecule is C=NN1CCN(C(C)C)C/C1=C/C. The zero-order valence-corrected chi connectivity index (χ0v) is 8.82. The first-order valence-corrected chi connectivity index (χ1v) is 4.82. The molecule has 13 heavy (non-hydrogen) atoms. The van der Waals surface area contributed by atoms with Crippen LogP contribution >= 0.6 is 0 Å². The molecule has 3 nitrogen and oxygen atoms in total. The number of nitrogens with zero attached hydrogens (tertiary/aromatic N) is 3. The standard InChI is InChI=1S/C10H19N3/c1-5-10-8-12(9(2)3)6-7-13(10)11-4/h5,9H,4,6-8H2,1-3H3/b10-5-. The van der Waals surface area contributed by atoms with Gasteiger partial charge in [0.05, 0.1) is 6.54 Å². The highest BCUT2D eigenvalue weighted by Gasteiger charge is 2.20. The number of rotatable bonds is 2. The van der Waals surface area contributed by atoms with Crippen molar-refractivity contribution in [2.75, 3.05) is 19.6 Å². The van der Waals surface area contributed by atoms with E-state index in [0.29, 0.717) is 6.04 Å². The van der Waals surface area contributed by atoms with E-state index in [1.165, 1.54) is 5.70 Å². The molecule has 74 valence electrons. The van der Waals surface area contributed by atoms with E-state index in [9.17, 15) is 0 Å². The van der Waals surface area contributed by atoms with E-state index in [2.05, 4.69) is 43.6 Å². The first-order valence-electron chi connectivity index (χ1n) is 4.82. The Morgan fingerprint density at radius 1 is 1.46 bits per heavy atom. The Kier molecular flexibility index (Phi) is 3.48. The van der Waals surface area contributed by atoms with Gasteiger partial charge in [-0.2, -0.15) is 5.10 Å². The molecular weight excluding hydrogens is 162 g/mol. The molecule has 0 aliphatic carbocycles. The van der Waals surface area contributed by atoms with Gasteiger partial charge in [-0.1, -0.05) is 6.08 Å². The topological polar surface area (TPSA) is 18.8 Å². The molecule has 1 saturated heterocycles. The average molecular weight is 181 g/mol. The second kappa shape index (κ2) is 4.42. The predicted molar refractivity (Wildman–Crippen MR) is 56.7 cm³/mol. The lowest BCUT2D eigenvalue weighted by Crippen LogP contribution is -2.45. The Labute approximate surface area is 80.7 Å². The fraction of sp³-hybridized carbons (Fsp3) is 0.700. The monoisotopic (exact) mass is 181 g/mol. The van der Waals surface area contributed by atoms with Crippen molar-refractivity contribution in [2.45, 2.75) is 26.8 Å². The quantitative estimate of drug-likeness (QED) is 0.602. The van der Waals surface area contributed by atoms with Crippen LogP contribution in [0.2, 0.25) is 0 Å². The lowest BCUT2D eigenvalue weighted by molar-refractivity contribution is 0.150. The van der Waals surface area contributed by atoms with Gasteiger partial charge in [-0.05, 0) is 20.8 Å². The summed E-state index contributed by atoms with van der Waals surface area (Å²) in [5.41, 5.74) is 1.26. The van der Waals surface area contributed by atoms with E-state index in [0.717, 1.165) is 19.6 Å². The van der Waals surface area contributed by atoms with Crippen molar-refractivity contribution in [1.29, 1.82) is 0 Å². The third-order valence-electron chi connectivity index (χ3n) is 2.53. The molecule has 0 bridgehead atoms. The zero-order chi connectivity index (χ0) is 9.84. The Balaban J connectivity index is 2.63. The summed E-state index contributed by atoms with van der Waals surface area (Å²) in [6, 6.07) is 0.613. The van der Waals surface area contributed by atoms with Crippen LogP contribution in [0.5, 0.6) is 0 Å². The average Bonchev–Trinajstić information content (AvgIpc) is 2.16. The molecule has 1 heterocycles. The molecule has 1 aliphatic rings. The summed E-state index contributed by atoms with van der Waals surface area (Å²) in [6.45, 7) is 13.1. The van der Waals surface area contributed by atoms with Crippen molar-refractivity contribution in [3.05, 3.63) is 11.8 Å². The van der Waals surface area contributed by atoms with Crippen LogP contribution in [-0.4, -0.2) is 42.3 Å². The van der Waals surface area contributed by atoms with Gasteiger partial charge < -0.3 is 0 Å². The van der Waals surface area contributed by atoms with Crippen LogP contribution in [-0.2, 0) is 0 Å². The van der Waals surface area contributed by atoms with Crippen molar-refractivity contribution < 1.29 is 0 Å². The summed E-state index contributed by atoms with van der Waals surface area (Å²) in [5, 5.41) is 5.97. The van der Waals surface area contributed by atoms with Crippen LogP contribution in [0.3, 0.4) is 0 Å². The number of piperazine rings is 1. The zero-order valence-electron chi connectivity index (χ0n) is 8.82. The molecule has 0 amide bonds. The maximum Gasteiger partial charge on any atom is 0.0540 e. The summed E-state index contributed by atoms with van der Waals surface area (Å²) in [5.74, 6) is 0. The van der Waals surface area contributed by atoms with Gasteiger partial charge in [-0.25, -0.2) is 0 Å². The van der Waals surface area contributed by atoms with E-state index in [-0.39, 0.29) is 0 Å². The highest BCUT2D eigenvalue weighted by molar-refractivity contribution is 5.24. The third-order valence-corrected chi connectivity index (χ3v) is 2.53.